The quantitative estimate of drug-likeness (QED) is 0.743. The molecule has 0 unspecified atom stereocenters. The number of benzene rings is 2. The molecule has 2 aromatic carbocycles. The molecule has 0 saturated carbocycles. The average molecular weight is 335 g/mol. The number of carbonyl (C=O) groups is 2. The van der Waals surface area contributed by atoms with Gasteiger partial charge in [-0.2, -0.15) is 5.10 Å². The van der Waals surface area contributed by atoms with Crippen molar-refractivity contribution in [3.05, 3.63) is 70.1 Å². The van der Waals surface area contributed by atoms with E-state index in [9.17, 15) is 14.4 Å². The van der Waals surface area contributed by atoms with Gasteiger partial charge in [0.2, 0.25) is 5.91 Å². The number of amides is 1. The Hall–Kier alpha value is -3.28. The Kier molecular flexibility index (Phi) is 4.43. The van der Waals surface area contributed by atoms with Gasteiger partial charge in [0.1, 0.15) is 6.54 Å². The number of anilines is 1. The number of carbonyl (C=O) groups excluding carboxylic acids is 2. The predicted molar refractivity (Wildman–Crippen MR) is 95.8 cm³/mol. The van der Waals surface area contributed by atoms with Crippen LogP contribution in [0.5, 0.6) is 0 Å². The van der Waals surface area contributed by atoms with E-state index in [1.807, 2.05) is 12.1 Å². The Balaban J connectivity index is 1.90. The van der Waals surface area contributed by atoms with Gasteiger partial charge < -0.3 is 5.32 Å². The van der Waals surface area contributed by atoms with Gasteiger partial charge in [0.05, 0.1) is 16.8 Å². The molecule has 0 radical (unpaired) electrons. The maximum absolute atomic E-state index is 12.5. The molecule has 6 nitrogen and oxygen atoms in total. The number of aryl methyl sites for hydroxylation is 1. The summed E-state index contributed by atoms with van der Waals surface area (Å²) in [7, 11) is 0. The lowest BCUT2D eigenvalue weighted by Crippen LogP contribution is -2.30. The number of fused-ring (bicyclic) bond motifs is 1. The predicted octanol–water partition coefficient (Wildman–Crippen LogP) is 2.55. The molecule has 1 amide bonds. The highest BCUT2D eigenvalue weighted by Crippen LogP contribution is 2.16. The van der Waals surface area contributed by atoms with Crippen molar-refractivity contribution in [1.82, 2.24) is 9.78 Å². The number of Topliss-reactive ketones (excluding diaryl/α,β-unsaturated/α-hetero) is 1. The number of nitrogens with one attached hydrogen (secondary N) is 1. The van der Waals surface area contributed by atoms with E-state index in [0.717, 1.165) is 10.1 Å². The standard InChI is InChI=1S/C19H17N3O3/c1-12-14-7-3-4-9-16(14)19(25)22(21-12)11-18(24)20-17-10-6-5-8-15(17)13(2)23/h3-10H,11H2,1-2H3,(H,20,24). The second-order valence-electron chi connectivity index (χ2n) is 5.74. The second kappa shape index (κ2) is 6.68. The van der Waals surface area contributed by atoms with Crippen molar-refractivity contribution in [2.45, 2.75) is 20.4 Å². The van der Waals surface area contributed by atoms with Crippen LogP contribution in [0.3, 0.4) is 0 Å². The number of hydrogen-bond acceptors (Lipinski definition) is 4. The van der Waals surface area contributed by atoms with E-state index >= 15 is 0 Å². The van der Waals surface area contributed by atoms with Crippen LogP contribution in [0.15, 0.2) is 53.3 Å². The van der Waals surface area contributed by atoms with Crippen molar-refractivity contribution in [2.75, 3.05) is 5.32 Å². The zero-order valence-corrected chi connectivity index (χ0v) is 13.9. The zero-order valence-electron chi connectivity index (χ0n) is 13.9. The highest BCUT2D eigenvalue weighted by atomic mass is 16.2. The molecular formula is C19H17N3O3. The molecule has 126 valence electrons. The summed E-state index contributed by atoms with van der Waals surface area (Å²) in [5.74, 6) is -0.564. The highest BCUT2D eigenvalue weighted by molar-refractivity contribution is 6.03. The SMILES string of the molecule is CC(=O)c1ccccc1NC(=O)Cn1nc(C)c2ccccc2c1=O. The van der Waals surface area contributed by atoms with Gasteiger partial charge in [0.25, 0.3) is 5.56 Å². The molecule has 0 atom stereocenters. The molecule has 1 aromatic heterocycles. The summed E-state index contributed by atoms with van der Waals surface area (Å²) < 4.78 is 1.14. The fourth-order valence-corrected chi connectivity index (χ4v) is 2.74. The normalized spacial score (nSPS) is 10.6. The fourth-order valence-electron chi connectivity index (χ4n) is 2.74. The number of nitrogens with zero attached hydrogens (tertiary/aromatic N) is 2. The number of para-hydroxylation sites is 1. The van der Waals surface area contributed by atoms with Gasteiger partial charge in [-0.15, -0.1) is 0 Å². The monoisotopic (exact) mass is 335 g/mol. The lowest BCUT2D eigenvalue weighted by molar-refractivity contribution is -0.117. The molecule has 0 aliphatic heterocycles. The Labute approximate surface area is 144 Å². The number of aromatic nitrogens is 2. The average Bonchev–Trinajstić information content (AvgIpc) is 2.59. The van der Waals surface area contributed by atoms with Crippen LogP contribution in [0, 0.1) is 6.92 Å². The number of rotatable bonds is 4. The first-order valence-electron chi connectivity index (χ1n) is 7.83. The van der Waals surface area contributed by atoms with E-state index in [1.165, 1.54) is 6.92 Å². The first kappa shape index (κ1) is 16.6. The van der Waals surface area contributed by atoms with Gasteiger partial charge in [-0.25, -0.2) is 4.68 Å². The molecule has 0 bridgehead atoms. The topological polar surface area (TPSA) is 81.1 Å². The van der Waals surface area contributed by atoms with Gasteiger partial charge in [0, 0.05) is 10.9 Å². The van der Waals surface area contributed by atoms with Gasteiger partial charge in [-0.05, 0) is 32.0 Å². The van der Waals surface area contributed by atoms with Crippen molar-refractivity contribution < 1.29 is 9.59 Å². The van der Waals surface area contributed by atoms with Crippen molar-refractivity contribution in [3.63, 3.8) is 0 Å². The van der Waals surface area contributed by atoms with Gasteiger partial charge in [-0.1, -0.05) is 30.3 Å². The highest BCUT2D eigenvalue weighted by Gasteiger charge is 2.13. The molecule has 0 aliphatic rings. The second-order valence-corrected chi connectivity index (χ2v) is 5.74. The largest absolute Gasteiger partial charge is 0.324 e. The van der Waals surface area contributed by atoms with Gasteiger partial charge in [-0.3, -0.25) is 14.4 Å². The summed E-state index contributed by atoms with van der Waals surface area (Å²) in [6.45, 7) is 3.00. The summed E-state index contributed by atoms with van der Waals surface area (Å²) in [5.41, 5.74) is 1.19. The van der Waals surface area contributed by atoms with E-state index in [4.69, 9.17) is 0 Å². The molecule has 0 fully saturated rings. The van der Waals surface area contributed by atoms with Crippen LogP contribution in [0.1, 0.15) is 23.0 Å². The minimum atomic E-state index is -0.419. The smallest absolute Gasteiger partial charge is 0.275 e. The first-order valence-corrected chi connectivity index (χ1v) is 7.83. The minimum absolute atomic E-state index is 0.146. The van der Waals surface area contributed by atoms with E-state index < -0.39 is 5.91 Å². The third-order valence-corrected chi connectivity index (χ3v) is 3.93. The Bertz CT molecular complexity index is 1040. The number of ketones is 1. The zero-order chi connectivity index (χ0) is 18.0. The summed E-state index contributed by atoms with van der Waals surface area (Å²) in [5, 5.41) is 8.18. The van der Waals surface area contributed by atoms with Crippen LogP contribution < -0.4 is 10.9 Å². The molecule has 3 rings (SSSR count). The Morgan fingerprint density at radius 1 is 1.04 bits per heavy atom. The van der Waals surface area contributed by atoms with Crippen LogP contribution in [0.2, 0.25) is 0 Å². The van der Waals surface area contributed by atoms with Crippen LogP contribution in [-0.4, -0.2) is 21.5 Å². The van der Waals surface area contributed by atoms with E-state index in [1.54, 1.807) is 43.3 Å². The fraction of sp³-hybridized carbons (Fsp3) is 0.158. The maximum atomic E-state index is 12.5. The van der Waals surface area contributed by atoms with Crippen molar-refractivity contribution >= 4 is 28.2 Å². The lowest BCUT2D eigenvalue weighted by Gasteiger charge is -2.11. The van der Waals surface area contributed by atoms with E-state index in [0.29, 0.717) is 22.3 Å². The molecule has 0 spiro atoms. The number of hydrogen-bond donors (Lipinski definition) is 1. The first-order chi connectivity index (χ1) is 12.0. The maximum Gasteiger partial charge on any atom is 0.275 e. The summed E-state index contributed by atoms with van der Waals surface area (Å²) in [6, 6.07) is 13.9. The van der Waals surface area contributed by atoms with Crippen LogP contribution >= 0.6 is 0 Å². The van der Waals surface area contributed by atoms with E-state index in [-0.39, 0.29) is 17.9 Å². The van der Waals surface area contributed by atoms with Crippen molar-refractivity contribution in [2.24, 2.45) is 0 Å². The lowest BCUT2D eigenvalue weighted by atomic mass is 10.1. The van der Waals surface area contributed by atoms with Crippen LogP contribution in [-0.2, 0) is 11.3 Å². The summed E-state index contributed by atoms with van der Waals surface area (Å²) in [6.07, 6.45) is 0. The van der Waals surface area contributed by atoms with Crippen LogP contribution in [0.4, 0.5) is 5.69 Å². The Morgan fingerprint density at radius 3 is 2.40 bits per heavy atom. The molecular weight excluding hydrogens is 318 g/mol. The molecule has 1 N–H and O–H groups in total. The molecule has 25 heavy (non-hydrogen) atoms. The van der Waals surface area contributed by atoms with Crippen molar-refractivity contribution in [1.29, 1.82) is 0 Å². The van der Waals surface area contributed by atoms with Crippen molar-refractivity contribution in [3.8, 4) is 0 Å². The Morgan fingerprint density at radius 2 is 1.68 bits per heavy atom. The van der Waals surface area contributed by atoms with Gasteiger partial charge >= 0.3 is 0 Å². The molecule has 6 heteroatoms. The van der Waals surface area contributed by atoms with E-state index in [2.05, 4.69) is 10.4 Å². The summed E-state index contributed by atoms with van der Waals surface area (Å²) >= 11 is 0. The molecule has 0 saturated heterocycles. The third-order valence-electron chi connectivity index (χ3n) is 3.93. The molecule has 1 heterocycles. The molecule has 3 aromatic rings. The summed E-state index contributed by atoms with van der Waals surface area (Å²) in [4.78, 5) is 36.5. The minimum Gasteiger partial charge on any atom is -0.324 e. The third kappa shape index (κ3) is 3.33. The molecule has 0 aliphatic carbocycles. The van der Waals surface area contributed by atoms with Crippen LogP contribution in [0.25, 0.3) is 10.8 Å². The van der Waals surface area contributed by atoms with Gasteiger partial charge in [0.15, 0.2) is 5.78 Å².